The van der Waals surface area contributed by atoms with Gasteiger partial charge < -0.3 is 4.57 Å². The Hall–Kier alpha value is -2.23. The third kappa shape index (κ3) is 5.12. The van der Waals surface area contributed by atoms with Gasteiger partial charge in [-0.2, -0.15) is 0 Å². The van der Waals surface area contributed by atoms with Gasteiger partial charge in [0.1, 0.15) is 17.8 Å². The molecule has 0 aromatic heterocycles. The van der Waals surface area contributed by atoms with Gasteiger partial charge in [-0.05, 0) is 31.2 Å². The lowest BCUT2D eigenvalue weighted by atomic mass is 10.1. The molecule has 4 heteroatoms. The van der Waals surface area contributed by atoms with E-state index in [9.17, 15) is 0 Å². The highest BCUT2D eigenvalue weighted by atomic mass is 15.1. The third-order valence-electron chi connectivity index (χ3n) is 4.56. The average Bonchev–Trinajstić information content (AvgIpc) is 3.10. The lowest BCUT2D eigenvalue weighted by Crippen LogP contribution is -2.11. The standard InChI is InChI=1S/C21H27N4/c1-2-3-14-20-24-21-19(22-17-23-21)16-25(20)15-10-5-4-7-11-18-12-8-6-9-13-18/h6,8-9,12-13,17H,2-5,7,10-11,14-15H2,1H3. The van der Waals surface area contributed by atoms with Crippen molar-refractivity contribution in [1.29, 1.82) is 0 Å². The number of rotatable bonds is 10. The number of imidazole rings is 1. The summed E-state index contributed by atoms with van der Waals surface area (Å²) in [5, 5.41) is 0. The summed E-state index contributed by atoms with van der Waals surface area (Å²) in [7, 11) is 0. The molecular formula is C21H27N4. The highest BCUT2D eigenvalue weighted by molar-refractivity contribution is 5.47. The Bertz CT molecular complexity index is 720. The highest BCUT2D eigenvalue weighted by Crippen LogP contribution is 2.17. The van der Waals surface area contributed by atoms with Gasteiger partial charge in [0.05, 0.1) is 6.20 Å². The second-order valence-corrected chi connectivity index (χ2v) is 6.59. The number of unbranched alkanes of at least 4 members (excludes halogenated alkanes) is 4. The Morgan fingerprint density at radius 3 is 2.60 bits per heavy atom. The zero-order valence-electron chi connectivity index (χ0n) is 15.1. The summed E-state index contributed by atoms with van der Waals surface area (Å²) in [6.45, 7) is 3.18. The lowest BCUT2D eigenvalue weighted by Gasteiger charge is -2.13. The predicted octanol–water partition coefficient (Wildman–Crippen LogP) is 4.72. The van der Waals surface area contributed by atoms with E-state index < -0.39 is 0 Å². The second-order valence-electron chi connectivity index (χ2n) is 6.59. The number of aromatic nitrogens is 4. The van der Waals surface area contributed by atoms with E-state index in [1.54, 1.807) is 6.33 Å². The summed E-state index contributed by atoms with van der Waals surface area (Å²) < 4.78 is 2.17. The smallest absolute Gasteiger partial charge is 0.183 e. The van der Waals surface area contributed by atoms with Gasteiger partial charge in [0.25, 0.3) is 0 Å². The van der Waals surface area contributed by atoms with Crippen molar-refractivity contribution >= 4 is 0 Å². The first-order valence-corrected chi connectivity index (χ1v) is 9.50. The molecule has 131 valence electrons. The van der Waals surface area contributed by atoms with Crippen molar-refractivity contribution in [2.75, 3.05) is 0 Å². The molecule has 25 heavy (non-hydrogen) atoms. The largest absolute Gasteiger partial charge is 0.326 e. The lowest BCUT2D eigenvalue weighted by molar-refractivity contribution is 0.538. The van der Waals surface area contributed by atoms with Gasteiger partial charge in [-0.15, -0.1) is 0 Å². The van der Waals surface area contributed by atoms with Gasteiger partial charge >= 0.3 is 0 Å². The summed E-state index contributed by atoms with van der Waals surface area (Å²) >= 11 is 0. The van der Waals surface area contributed by atoms with Crippen molar-refractivity contribution in [3.8, 4) is 11.5 Å². The molecule has 1 aromatic carbocycles. The number of aryl methyl sites for hydroxylation is 3. The SMILES string of the molecule is CCCCc1nc2ncnc-2[c]n1CCCCCCc1ccccc1. The minimum Gasteiger partial charge on any atom is -0.326 e. The fraction of sp³-hybridized carbons (Fsp3) is 0.476. The van der Waals surface area contributed by atoms with Gasteiger partial charge in [-0.3, -0.25) is 0 Å². The van der Waals surface area contributed by atoms with Gasteiger partial charge in [-0.25, -0.2) is 15.0 Å². The van der Waals surface area contributed by atoms with E-state index in [0.717, 1.165) is 43.1 Å². The summed E-state index contributed by atoms with van der Waals surface area (Å²) in [6.07, 6.45) is 14.4. The number of hydrogen-bond acceptors (Lipinski definition) is 3. The number of hydrogen-bond donors (Lipinski definition) is 0. The van der Waals surface area contributed by atoms with Gasteiger partial charge in [0.2, 0.25) is 0 Å². The van der Waals surface area contributed by atoms with Crippen molar-refractivity contribution in [3.05, 3.63) is 54.2 Å². The number of fused-ring (bicyclic) bond motifs is 1. The molecule has 2 aliphatic rings. The Kier molecular flexibility index (Phi) is 6.55. The van der Waals surface area contributed by atoms with Gasteiger partial charge in [0, 0.05) is 13.0 Å². The summed E-state index contributed by atoms with van der Waals surface area (Å²) in [4.78, 5) is 13.1. The van der Waals surface area contributed by atoms with Crippen LogP contribution in [0, 0.1) is 6.20 Å². The molecule has 1 aromatic rings. The van der Waals surface area contributed by atoms with Crippen molar-refractivity contribution in [2.24, 2.45) is 0 Å². The van der Waals surface area contributed by atoms with Crippen LogP contribution in [0.3, 0.4) is 0 Å². The van der Waals surface area contributed by atoms with E-state index >= 15 is 0 Å². The predicted molar refractivity (Wildman–Crippen MR) is 101 cm³/mol. The van der Waals surface area contributed by atoms with Crippen molar-refractivity contribution < 1.29 is 0 Å². The highest BCUT2D eigenvalue weighted by Gasteiger charge is 2.12. The molecule has 0 bridgehead atoms. The molecule has 2 aliphatic heterocycles. The van der Waals surface area contributed by atoms with Crippen LogP contribution in [0.2, 0.25) is 0 Å². The second kappa shape index (κ2) is 9.30. The van der Waals surface area contributed by atoms with Crippen LogP contribution in [0.25, 0.3) is 11.5 Å². The molecule has 4 nitrogen and oxygen atoms in total. The first-order valence-electron chi connectivity index (χ1n) is 9.50. The zero-order valence-corrected chi connectivity index (χ0v) is 15.1. The Balaban J connectivity index is 1.48. The van der Waals surface area contributed by atoms with E-state index in [-0.39, 0.29) is 0 Å². The van der Waals surface area contributed by atoms with Crippen LogP contribution in [0.5, 0.6) is 0 Å². The van der Waals surface area contributed by atoms with Crippen LogP contribution in [-0.2, 0) is 19.4 Å². The maximum Gasteiger partial charge on any atom is 0.183 e. The maximum atomic E-state index is 4.69. The van der Waals surface area contributed by atoms with E-state index in [1.807, 2.05) is 0 Å². The van der Waals surface area contributed by atoms with E-state index in [0.29, 0.717) is 0 Å². The Morgan fingerprint density at radius 1 is 0.920 bits per heavy atom. The van der Waals surface area contributed by atoms with Crippen LogP contribution in [0.15, 0.2) is 36.7 Å². The summed E-state index contributed by atoms with van der Waals surface area (Å²) in [5.41, 5.74) is 2.22. The minimum atomic E-state index is 0.727. The van der Waals surface area contributed by atoms with Crippen molar-refractivity contribution in [2.45, 2.75) is 64.8 Å². The Morgan fingerprint density at radius 2 is 1.76 bits per heavy atom. The first-order chi connectivity index (χ1) is 12.4. The zero-order chi connectivity index (χ0) is 17.3. The normalized spacial score (nSPS) is 11.2. The molecule has 0 N–H and O–H groups in total. The topological polar surface area (TPSA) is 43.6 Å². The summed E-state index contributed by atoms with van der Waals surface area (Å²) in [6, 6.07) is 10.7. The first kappa shape index (κ1) is 17.6. The van der Waals surface area contributed by atoms with Gasteiger partial charge in [0.15, 0.2) is 5.82 Å². The van der Waals surface area contributed by atoms with Crippen LogP contribution in [0.4, 0.5) is 0 Å². The molecule has 1 radical (unpaired) electrons. The third-order valence-corrected chi connectivity index (χ3v) is 4.56. The molecule has 0 unspecified atom stereocenters. The molecule has 0 saturated heterocycles. The molecule has 0 spiro atoms. The van der Waals surface area contributed by atoms with Crippen LogP contribution < -0.4 is 0 Å². The van der Waals surface area contributed by atoms with E-state index in [4.69, 9.17) is 0 Å². The maximum absolute atomic E-state index is 4.69. The molecule has 2 heterocycles. The molecule has 0 amide bonds. The molecular weight excluding hydrogens is 308 g/mol. The quantitative estimate of drug-likeness (QED) is 0.503. The van der Waals surface area contributed by atoms with Gasteiger partial charge in [-0.1, -0.05) is 56.5 Å². The van der Waals surface area contributed by atoms with Crippen molar-refractivity contribution in [3.63, 3.8) is 0 Å². The average molecular weight is 335 g/mol. The molecule has 0 aliphatic carbocycles. The number of nitrogens with zero attached hydrogens (tertiary/aromatic N) is 4. The molecule has 3 rings (SSSR count). The number of benzene rings is 1. The van der Waals surface area contributed by atoms with E-state index in [1.165, 1.54) is 37.7 Å². The Labute approximate surface area is 150 Å². The summed E-state index contributed by atoms with van der Waals surface area (Å²) in [5.74, 6) is 1.82. The fourth-order valence-electron chi connectivity index (χ4n) is 3.10. The molecule has 0 fully saturated rings. The molecule has 0 atom stereocenters. The molecule has 0 saturated carbocycles. The van der Waals surface area contributed by atoms with Crippen LogP contribution >= 0.6 is 0 Å². The monoisotopic (exact) mass is 335 g/mol. The fourth-order valence-corrected chi connectivity index (χ4v) is 3.10. The minimum absolute atomic E-state index is 0.727. The van der Waals surface area contributed by atoms with Crippen molar-refractivity contribution in [1.82, 2.24) is 19.5 Å². The van der Waals surface area contributed by atoms with E-state index in [2.05, 4.69) is 63.0 Å². The van der Waals surface area contributed by atoms with Crippen LogP contribution in [-0.4, -0.2) is 19.5 Å². The van der Waals surface area contributed by atoms with Crippen LogP contribution in [0.1, 0.15) is 56.8 Å².